The van der Waals surface area contributed by atoms with Gasteiger partial charge in [0, 0.05) is 0 Å². The maximum Gasteiger partial charge on any atom is 0.119 e. The van der Waals surface area contributed by atoms with E-state index in [1.54, 1.807) is 0 Å². The van der Waals surface area contributed by atoms with Gasteiger partial charge in [-0.2, -0.15) is 0 Å². The molecule has 122 valence electrons. The van der Waals surface area contributed by atoms with E-state index in [1.165, 1.54) is 36.8 Å². The quantitative estimate of drug-likeness (QED) is 0.684. The summed E-state index contributed by atoms with van der Waals surface area (Å²) in [7, 11) is 0. The third-order valence-corrected chi connectivity index (χ3v) is 4.40. The van der Waals surface area contributed by atoms with Crippen LogP contribution in [0.3, 0.4) is 0 Å². The Hall–Kier alpha value is -1.32. The van der Waals surface area contributed by atoms with Gasteiger partial charge in [0.2, 0.25) is 0 Å². The van der Waals surface area contributed by atoms with Crippen LogP contribution in [-0.2, 0) is 6.42 Å². The van der Waals surface area contributed by atoms with Crippen molar-refractivity contribution in [1.29, 1.82) is 0 Å². The first-order valence-corrected chi connectivity index (χ1v) is 8.43. The molecule has 0 spiro atoms. The van der Waals surface area contributed by atoms with Crippen LogP contribution in [-0.4, -0.2) is 23.9 Å². The van der Waals surface area contributed by atoms with Crippen molar-refractivity contribution in [3.8, 4) is 5.75 Å². The van der Waals surface area contributed by atoms with E-state index in [0.717, 1.165) is 30.8 Å². The summed E-state index contributed by atoms with van der Waals surface area (Å²) < 4.78 is 5.85. The molecule has 0 fully saturated rings. The zero-order valence-corrected chi connectivity index (χ0v) is 13.9. The molecule has 0 radical (unpaired) electrons. The second-order valence-electron chi connectivity index (χ2n) is 6.55. The van der Waals surface area contributed by atoms with Crippen LogP contribution >= 0.6 is 0 Å². The second-order valence-corrected chi connectivity index (χ2v) is 6.55. The number of nitrogens with two attached hydrogens (primary N) is 1. The summed E-state index contributed by atoms with van der Waals surface area (Å²) in [6.45, 7) is 4.85. The van der Waals surface area contributed by atoms with Crippen molar-refractivity contribution in [3.05, 3.63) is 34.9 Å². The number of aliphatic hydroxyl groups excluding tert-OH is 1. The fourth-order valence-corrected chi connectivity index (χ4v) is 2.77. The topological polar surface area (TPSA) is 55.5 Å². The molecule has 1 atom stereocenters. The van der Waals surface area contributed by atoms with E-state index in [4.69, 9.17) is 10.5 Å². The van der Waals surface area contributed by atoms with E-state index in [2.05, 4.69) is 25.1 Å². The van der Waals surface area contributed by atoms with Gasteiger partial charge < -0.3 is 15.6 Å². The first-order chi connectivity index (χ1) is 10.6. The summed E-state index contributed by atoms with van der Waals surface area (Å²) in [4.78, 5) is 0. The van der Waals surface area contributed by atoms with Crippen molar-refractivity contribution >= 4 is 6.08 Å². The van der Waals surface area contributed by atoms with Gasteiger partial charge in [-0.3, -0.25) is 0 Å². The maximum absolute atomic E-state index is 9.40. The number of hydrogen-bond donors (Lipinski definition) is 2. The van der Waals surface area contributed by atoms with Gasteiger partial charge in [-0.15, -0.1) is 0 Å². The Morgan fingerprint density at radius 2 is 2.00 bits per heavy atom. The minimum absolute atomic E-state index is 0.0338. The zero-order valence-electron chi connectivity index (χ0n) is 13.9. The van der Waals surface area contributed by atoms with Crippen molar-refractivity contribution < 1.29 is 9.84 Å². The predicted octanol–water partition coefficient (Wildman–Crippen LogP) is 3.69. The predicted molar refractivity (Wildman–Crippen MR) is 92.1 cm³/mol. The minimum atomic E-state index is -0.640. The molecule has 3 nitrogen and oxygen atoms in total. The number of benzene rings is 1. The van der Waals surface area contributed by atoms with Gasteiger partial charge in [-0.05, 0) is 48.6 Å². The van der Waals surface area contributed by atoms with Crippen molar-refractivity contribution in [2.75, 3.05) is 13.2 Å². The average Bonchev–Trinajstić information content (AvgIpc) is 2.95. The van der Waals surface area contributed by atoms with Crippen LogP contribution in [0, 0.1) is 0 Å². The molecule has 0 amide bonds. The third-order valence-electron chi connectivity index (χ3n) is 4.40. The van der Waals surface area contributed by atoms with Gasteiger partial charge in [-0.1, -0.05) is 44.7 Å². The molecule has 22 heavy (non-hydrogen) atoms. The minimum Gasteiger partial charge on any atom is -0.494 e. The van der Waals surface area contributed by atoms with Crippen LogP contribution in [0.4, 0.5) is 0 Å². The summed E-state index contributed by atoms with van der Waals surface area (Å²) in [5.74, 6) is 0.937. The highest BCUT2D eigenvalue weighted by Crippen LogP contribution is 2.32. The Bertz CT molecular complexity index is 520. The Morgan fingerprint density at radius 1 is 1.23 bits per heavy atom. The van der Waals surface area contributed by atoms with E-state index in [0.29, 0.717) is 0 Å². The van der Waals surface area contributed by atoms with Crippen LogP contribution in [0.25, 0.3) is 6.08 Å². The van der Waals surface area contributed by atoms with Crippen molar-refractivity contribution in [2.24, 2.45) is 5.73 Å². The number of ether oxygens (including phenoxy) is 1. The number of fused-ring (bicyclic) bond motifs is 1. The normalized spacial score (nSPS) is 16.1. The molecule has 0 heterocycles. The van der Waals surface area contributed by atoms with Crippen molar-refractivity contribution in [3.63, 3.8) is 0 Å². The lowest BCUT2D eigenvalue weighted by Crippen LogP contribution is -2.42. The largest absolute Gasteiger partial charge is 0.494 e. The molecular weight excluding hydrogens is 274 g/mol. The summed E-state index contributed by atoms with van der Waals surface area (Å²) >= 11 is 0. The van der Waals surface area contributed by atoms with E-state index in [-0.39, 0.29) is 6.61 Å². The standard InChI is InChI=1S/C19H29NO2/c1-3-4-5-6-7-10-22-18-9-8-15-11-17(12-16(15)13-18)19(2,20)14-21/h8-9,11,13,21H,3-7,10,12,14,20H2,1-2H3/t19-/m0/s1. The molecule has 2 rings (SSSR count). The fraction of sp³-hybridized carbons (Fsp3) is 0.579. The number of rotatable bonds is 9. The third kappa shape index (κ3) is 4.34. The fourth-order valence-electron chi connectivity index (χ4n) is 2.77. The Labute approximate surface area is 134 Å². The van der Waals surface area contributed by atoms with Crippen molar-refractivity contribution in [1.82, 2.24) is 0 Å². The average molecular weight is 303 g/mol. The van der Waals surface area contributed by atoms with E-state index < -0.39 is 5.54 Å². The van der Waals surface area contributed by atoms with Gasteiger partial charge in [-0.25, -0.2) is 0 Å². The molecular formula is C19H29NO2. The van der Waals surface area contributed by atoms with Crippen LogP contribution in [0.1, 0.15) is 57.1 Å². The molecule has 0 saturated carbocycles. The molecule has 3 N–H and O–H groups in total. The highest BCUT2D eigenvalue weighted by molar-refractivity contribution is 5.67. The summed E-state index contributed by atoms with van der Waals surface area (Å²) in [6.07, 6.45) is 9.15. The summed E-state index contributed by atoms with van der Waals surface area (Å²) in [5.41, 5.74) is 9.00. The Kier molecular flexibility index (Phi) is 6.04. The molecule has 1 aromatic rings. The smallest absolute Gasteiger partial charge is 0.119 e. The molecule has 1 aliphatic carbocycles. The summed E-state index contributed by atoms with van der Waals surface area (Å²) in [6, 6.07) is 6.22. The monoisotopic (exact) mass is 303 g/mol. The molecule has 0 aromatic heterocycles. The molecule has 0 saturated heterocycles. The van der Waals surface area contributed by atoms with Crippen LogP contribution < -0.4 is 10.5 Å². The maximum atomic E-state index is 9.40. The molecule has 1 aliphatic rings. The lowest BCUT2D eigenvalue weighted by Gasteiger charge is -2.23. The van der Waals surface area contributed by atoms with E-state index in [1.807, 2.05) is 13.0 Å². The molecule has 1 aromatic carbocycles. The number of unbranched alkanes of at least 4 members (excludes halogenated alkanes) is 4. The Balaban J connectivity index is 1.85. The number of aliphatic hydroxyl groups is 1. The van der Waals surface area contributed by atoms with Crippen LogP contribution in [0.2, 0.25) is 0 Å². The van der Waals surface area contributed by atoms with Crippen LogP contribution in [0.15, 0.2) is 23.8 Å². The molecule has 3 heteroatoms. The number of hydrogen-bond acceptors (Lipinski definition) is 3. The Morgan fingerprint density at radius 3 is 2.73 bits per heavy atom. The van der Waals surface area contributed by atoms with Gasteiger partial charge in [0.25, 0.3) is 0 Å². The zero-order chi connectivity index (χ0) is 16.0. The second kappa shape index (κ2) is 7.80. The molecule has 0 bridgehead atoms. The lowest BCUT2D eigenvalue weighted by atomic mass is 9.92. The highest BCUT2D eigenvalue weighted by atomic mass is 16.5. The molecule has 0 unspecified atom stereocenters. The SMILES string of the molecule is CCCCCCCOc1ccc2c(c1)CC([C@@](C)(N)CO)=C2. The van der Waals surface area contributed by atoms with Crippen molar-refractivity contribution in [2.45, 2.75) is 57.9 Å². The highest BCUT2D eigenvalue weighted by Gasteiger charge is 2.27. The van der Waals surface area contributed by atoms with E-state index >= 15 is 0 Å². The lowest BCUT2D eigenvalue weighted by molar-refractivity contribution is 0.230. The van der Waals surface area contributed by atoms with Gasteiger partial charge in [0.15, 0.2) is 0 Å². The van der Waals surface area contributed by atoms with Gasteiger partial charge >= 0.3 is 0 Å². The van der Waals surface area contributed by atoms with E-state index in [9.17, 15) is 5.11 Å². The molecule has 0 aliphatic heterocycles. The van der Waals surface area contributed by atoms with Gasteiger partial charge in [0.05, 0.1) is 18.8 Å². The van der Waals surface area contributed by atoms with Gasteiger partial charge in [0.1, 0.15) is 5.75 Å². The summed E-state index contributed by atoms with van der Waals surface area (Å²) in [5, 5.41) is 9.40. The first kappa shape index (κ1) is 17.0. The van der Waals surface area contributed by atoms with Crippen LogP contribution in [0.5, 0.6) is 5.75 Å². The first-order valence-electron chi connectivity index (χ1n) is 8.43.